The number of amides is 1. The summed E-state index contributed by atoms with van der Waals surface area (Å²) in [7, 11) is 0. The maximum absolute atomic E-state index is 11.4. The molecule has 5 nitrogen and oxygen atoms in total. The molecular formula is C14H19ClN4O. The Kier molecular flexibility index (Phi) is 6.21. The quantitative estimate of drug-likeness (QED) is 0.873. The van der Waals surface area contributed by atoms with Crippen LogP contribution >= 0.6 is 12.4 Å². The van der Waals surface area contributed by atoms with Crippen LogP contribution in [0.3, 0.4) is 0 Å². The minimum absolute atomic E-state index is 0. The minimum Gasteiger partial charge on any atom is -0.351 e. The summed E-state index contributed by atoms with van der Waals surface area (Å²) >= 11 is 0. The number of carbonyl (C=O) groups excluding carboxylic acids is 1. The van der Waals surface area contributed by atoms with Crippen LogP contribution in [0.5, 0.6) is 0 Å². The van der Waals surface area contributed by atoms with Crippen LogP contribution in [0.1, 0.15) is 18.1 Å². The van der Waals surface area contributed by atoms with E-state index in [0.717, 1.165) is 17.7 Å². The van der Waals surface area contributed by atoms with Gasteiger partial charge in [-0.15, -0.1) is 12.4 Å². The van der Waals surface area contributed by atoms with E-state index in [0.29, 0.717) is 6.54 Å². The lowest BCUT2D eigenvalue weighted by Gasteiger charge is -2.09. The molecule has 1 heterocycles. The normalized spacial score (nSPS) is 11.5. The summed E-state index contributed by atoms with van der Waals surface area (Å²) in [5.74, 6) is -0.141. The lowest BCUT2D eigenvalue weighted by atomic mass is 10.1. The molecule has 1 atom stereocenters. The Bertz CT molecular complexity index is 540. The molecule has 0 saturated carbocycles. The van der Waals surface area contributed by atoms with E-state index in [1.54, 1.807) is 13.1 Å². The number of aromatic nitrogens is 2. The monoisotopic (exact) mass is 294 g/mol. The highest BCUT2D eigenvalue weighted by Gasteiger charge is 2.06. The van der Waals surface area contributed by atoms with Crippen molar-refractivity contribution in [3.8, 4) is 0 Å². The first-order chi connectivity index (χ1) is 9.15. The van der Waals surface area contributed by atoms with Crippen molar-refractivity contribution < 1.29 is 4.79 Å². The molecule has 3 N–H and O–H groups in total. The van der Waals surface area contributed by atoms with Crippen LogP contribution in [0, 0.1) is 0 Å². The zero-order valence-electron chi connectivity index (χ0n) is 11.3. The lowest BCUT2D eigenvalue weighted by molar-refractivity contribution is -0.122. The summed E-state index contributed by atoms with van der Waals surface area (Å²) in [4.78, 5) is 11.4. The van der Waals surface area contributed by atoms with Crippen LogP contribution in [-0.2, 0) is 17.9 Å². The average molecular weight is 295 g/mol. The summed E-state index contributed by atoms with van der Waals surface area (Å²) in [5, 5.41) is 6.97. The molecule has 0 unspecified atom stereocenters. The lowest BCUT2D eigenvalue weighted by Crippen LogP contribution is -2.37. The summed E-state index contributed by atoms with van der Waals surface area (Å²) < 4.78 is 1.86. The van der Waals surface area contributed by atoms with Gasteiger partial charge in [0.1, 0.15) is 0 Å². The number of nitrogens with two attached hydrogens (primary N) is 1. The zero-order chi connectivity index (χ0) is 13.7. The molecule has 1 aromatic carbocycles. The van der Waals surface area contributed by atoms with Crippen LogP contribution in [0.2, 0.25) is 0 Å². The van der Waals surface area contributed by atoms with E-state index < -0.39 is 6.04 Å². The van der Waals surface area contributed by atoms with Crippen molar-refractivity contribution in [1.29, 1.82) is 0 Å². The van der Waals surface area contributed by atoms with E-state index in [1.165, 1.54) is 0 Å². The van der Waals surface area contributed by atoms with Gasteiger partial charge in [-0.1, -0.05) is 24.3 Å². The number of nitrogens with one attached hydrogen (secondary N) is 1. The Balaban J connectivity index is 0.00000200. The van der Waals surface area contributed by atoms with Crippen molar-refractivity contribution in [2.24, 2.45) is 5.73 Å². The average Bonchev–Trinajstić information content (AvgIpc) is 2.89. The third-order valence-corrected chi connectivity index (χ3v) is 2.78. The minimum atomic E-state index is -0.479. The van der Waals surface area contributed by atoms with Gasteiger partial charge >= 0.3 is 0 Å². The number of carbonyl (C=O) groups is 1. The summed E-state index contributed by atoms with van der Waals surface area (Å²) in [6.07, 6.45) is 3.68. The number of benzene rings is 1. The molecule has 0 spiro atoms. The van der Waals surface area contributed by atoms with Crippen LogP contribution in [0.4, 0.5) is 0 Å². The molecule has 0 saturated heterocycles. The van der Waals surface area contributed by atoms with Crippen molar-refractivity contribution in [1.82, 2.24) is 15.1 Å². The number of halogens is 1. The van der Waals surface area contributed by atoms with Crippen molar-refractivity contribution in [3.05, 3.63) is 53.9 Å². The Morgan fingerprint density at radius 2 is 2.15 bits per heavy atom. The van der Waals surface area contributed by atoms with Gasteiger partial charge in [0.25, 0.3) is 0 Å². The van der Waals surface area contributed by atoms with Crippen LogP contribution in [0.15, 0.2) is 42.7 Å². The first kappa shape index (κ1) is 16.2. The zero-order valence-corrected chi connectivity index (χ0v) is 12.1. The van der Waals surface area contributed by atoms with Gasteiger partial charge in [-0.2, -0.15) is 5.10 Å². The second kappa shape index (κ2) is 7.67. The molecule has 2 rings (SSSR count). The fourth-order valence-corrected chi connectivity index (χ4v) is 1.77. The standard InChI is InChI=1S/C14H18N4O.ClH/c1-11(15)14(19)16-9-12-4-2-5-13(8-12)10-18-7-3-6-17-18;/h2-8,11H,9-10,15H2,1H3,(H,16,19);1H/t11-;/m1./s1. The van der Waals surface area contributed by atoms with Gasteiger partial charge < -0.3 is 11.1 Å². The van der Waals surface area contributed by atoms with Gasteiger partial charge in [-0.3, -0.25) is 9.48 Å². The van der Waals surface area contributed by atoms with Crippen LogP contribution < -0.4 is 11.1 Å². The highest BCUT2D eigenvalue weighted by atomic mass is 35.5. The third kappa shape index (κ3) is 4.68. The van der Waals surface area contributed by atoms with E-state index in [1.807, 2.05) is 35.1 Å². The molecule has 0 aliphatic carbocycles. The van der Waals surface area contributed by atoms with Gasteiger partial charge in [0.05, 0.1) is 12.6 Å². The number of nitrogens with zero attached hydrogens (tertiary/aromatic N) is 2. The Hall–Kier alpha value is -1.85. The van der Waals surface area contributed by atoms with Gasteiger partial charge in [0.15, 0.2) is 0 Å². The second-order valence-electron chi connectivity index (χ2n) is 4.53. The molecule has 20 heavy (non-hydrogen) atoms. The third-order valence-electron chi connectivity index (χ3n) is 2.78. The molecule has 2 aromatic rings. The largest absolute Gasteiger partial charge is 0.351 e. The van der Waals surface area contributed by atoms with E-state index in [9.17, 15) is 4.79 Å². The van der Waals surface area contributed by atoms with Crippen molar-refractivity contribution in [3.63, 3.8) is 0 Å². The summed E-state index contributed by atoms with van der Waals surface area (Å²) in [6.45, 7) is 2.89. The Morgan fingerprint density at radius 3 is 2.80 bits per heavy atom. The molecule has 0 fully saturated rings. The number of rotatable bonds is 5. The van der Waals surface area contributed by atoms with Gasteiger partial charge in [-0.25, -0.2) is 0 Å². The van der Waals surface area contributed by atoms with Crippen molar-refractivity contribution in [2.75, 3.05) is 0 Å². The smallest absolute Gasteiger partial charge is 0.236 e. The molecule has 1 amide bonds. The van der Waals surface area contributed by atoms with Crippen molar-refractivity contribution in [2.45, 2.75) is 26.1 Å². The fourth-order valence-electron chi connectivity index (χ4n) is 1.77. The molecule has 0 aliphatic heterocycles. The van der Waals surface area contributed by atoms with E-state index >= 15 is 0 Å². The van der Waals surface area contributed by atoms with Crippen molar-refractivity contribution >= 4 is 18.3 Å². The summed E-state index contributed by atoms with van der Waals surface area (Å²) in [6, 6.07) is 9.47. The SMILES string of the molecule is C[C@@H](N)C(=O)NCc1cccc(Cn2cccn2)c1.Cl. The molecule has 6 heteroatoms. The first-order valence-electron chi connectivity index (χ1n) is 6.23. The Labute approximate surface area is 124 Å². The molecule has 0 bridgehead atoms. The molecule has 108 valence electrons. The maximum Gasteiger partial charge on any atom is 0.236 e. The topological polar surface area (TPSA) is 72.9 Å². The molecule has 0 radical (unpaired) electrons. The van der Waals surface area contributed by atoms with Crippen LogP contribution in [0.25, 0.3) is 0 Å². The summed E-state index contributed by atoms with van der Waals surface area (Å²) in [5.41, 5.74) is 7.70. The first-order valence-corrected chi connectivity index (χ1v) is 6.23. The maximum atomic E-state index is 11.4. The highest BCUT2D eigenvalue weighted by Crippen LogP contribution is 2.07. The second-order valence-corrected chi connectivity index (χ2v) is 4.53. The highest BCUT2D eigenvalue weighted by molar-refractivity contribution is 5.85. The van der Waals surface area contributed by atoms with Gasteiger partial charge in [0, 0.05) is 18.9 Å². The van der Waals surface area contributed by atoms with Gasteiger partial charge in [0.2, 0.25) is 5.91 Å². The molecule has 0 aliphatic rings. The predicted molar refractivity (Wildman–Crippen MR) is 80.5 cm³/mol. The van der Waals surface area contributed by atoms with Crippen LogP contribution in [-0.4, -0.2) is 21.7 Å². The number of hydrogen-bond donors (Lipinski definition) is 2. The van der Waals surface area contributed by atoms with E-state index in [-0.39, 0.29) is 18.3 Å². The fraction of sp³-hybridized carbons (Fsp3) is 0.286. The van der Waals surface area contributed by atoms with E-state index in [2.05, 4.69) is 16.5 Å². The predicted octanol–water partition coefficient (Wildman–Crippen LogP) is 1.32. The molecular weight excluding hydrogens is 276 g/mol. The number of hydrogen-bond acceptors (Lipinski definition) is 3. The molecule has 1 aromatic heterocycles. The van der Waals surface area contributed by atoms with Gasteiger partial charge in [-0.05, 0) is 24.1 Å². The Morgan fingerprint density at radius 1 is 1.40 bits per heavy atom. The van der Waals surface area contributed by atoms with E-state index in [4.69, 9.17) is 5.73 Å².